The van der Waals surface area contributed by atoms with Crippen molar-refractivity contribution in [2.45, 2.75) is 12.8 Å². The maximum absolute atomic E-state index is 12.7. The third kappa shape index (κ3) is 2.61. The lowest BCUT2D eigenvalue weighted by Gasteiger charge is -2.09. The first-order valence-electron chi connectivity index (χ1n) is 7.01. The molecule has 1 aliphatic carbocycles. The molecule has 0 fully saturated rings. The molecule has 0 spiro atoms. The van der Waals surface area contributed by atoms with E-state index in [1.807, 2.05) is 12.1 Å². The van der Waals surface area contributed by atoms with Gasteiger partial charge in [-0.25, -0.2) is 0 Å². The summed E-state index contributed by atoms with van der Waals surface area (Å²) in [5.41, 5.74) is 2.87. The van der Waals surface area contributed by atoms with Crippen LogP contribution in [0, 0.1) is 5.92 Å². The van der Waals surface area contributed by atoms with E-state index in [-0.39, 0.29) is 11.7 Å². The molecule has 114 valence electrons. The fraction of sp³-hybridized carbons (Fsp3) is 0.294. The van der Waals surface area contributed by atoms with Gasteiger partial charge in [0.1, 0.15) is 0 Å². The SMILES string of the molecule is COc1cc2c(cc1OC)C(=O)C(Cc1ccncc1Br)C2. The summed E-state index contributed by atoms with van der Waals surface area (Å²) >= 11 is 3.49. The molecule has 0 bridgehead atoms. The standard InChI is InChI=1S/C17H16BrNO3/c1-21-15-7-11-6-12(5-10-3-4-19-9-14(10)18)17(20)13(11)8-16(15)22-2/h3-4,7-9,12H,5-6H2,1-2H3. The van der Waals surface area contributed by atoms with Gasteiger partial charge in [0.05, 0.1) is 14.2 Å². The number of benzene rings is 1. The molecule has 1 atom stereocenters. The second kappa shape index (κ2) is 6.08. The van der Waals surface area contributed by atoms with Gasteiger partial charge in [0.2, 0.25) is 0 Å². The molecule has 0 N–H and O–H groups in total. The van der Waals surface area contributed by atoms with Gasteiger partial charge in [-0.2, -0.15) is 0 Å². The van der Waals surface area contributed by atoms with Crippen LogP contribution in [-0.4, -0.2) is 25.0 Å². The molecular weight excluding hydrogens is 346 g/mol. The fourth-order valence-corrected chi connectivity index (χ4v) is 3.31. The van der Waals surface area contributed by atoms with Gasteiger partial charge in [-0.1, -0.05) is 0 Å². The smallest absolute Gasteiger partial charge is 0.167 e. The lowest BCUT2D eigenvalue weighted by molar-refractivity contribution is 0.0936. The van der Waals surface area contributed by atoms with Gasteiger partial charge >= 0.3 is 0 Å². The molecule has 2 aromatic rings. The molecule has 1 unspecified atom stereocenters. The molecule has 4 nitrogen and oxygen atoms in total. The van der Waals surface area contributed by atoms with Crippen molar-refractivity contribution in [3.63, 3.8) is 0 Å². The highest BCUT2D eigenvalue weighted by atomic mass is 79.9. The predicted molar refractivity (Wildman–Crippen MR) is 86.7 cm³/mol. The Kier molecular flexibility index (Phi) is 4.16. The molecule has 0 aliphatic heterocycles. The Balaban J connectivity index is 1.89. The van der Waals surface area contributed by atoms with E-state index in [1.165, 1.54) is 0 Å². The van der Waals surface area contributed by atoms with Crippen molar-refractivity contribution in [2.75, 3.05) is 14.2 Å². The Morgan fingerprint density at radius 3 is 2.68 bits per heavy atom. The molecule has 1 aliphatic rings. The summed E-state index contributed by atoms with van der Waals surface area (Å²) in [5, 5.41) is 0. The van der Waals surface area contributed by atoms with Gasteiger partial charge in [0.15, 0.2) is 17.3 Å². The number of ketones is 1. The van der Waals surface area contributed by atoms with E-state index in [2.05, 4.69) is 20.9 Å². The Labute approximate surface area is 137 Å². The van der Waals surface area contributed by atoms with Crippen LogP contribution in [0.1, 0.15) is 21.5 Å². The van der Waals surface area contributed by atoms with Crippen LogP contribution < -0.4 is 9.47 Å². The Morgan fingerprint density at radius 2 is 2.00 bits per heavy atom. The van der Waals surface area contributed by atoms with Crippen molar-refractivity contribution in [3.05, 3.63) is 51.8 Å². The van der Waals surface area contributed by atoms with E-state index in [4.69, 9.17) is 9.47 Å². The zero-order valence-electron chi connectivity index (χ0n) is 12.4. The van der Waals surface area contributed by atoms with Crippen molar-refractivity contribution in [2.24, 2.45) is 5.92 Å². The van der Waals surface area contributed by atoms with Crippen LogP contribution in [0.5, 0.6) is 11.5 Å². The van der Waals surface area contributed by atoms with Gasteiger partial charge in [-0.15, -0.1) is 0 Å². The van der Waals surface area contributed by atoms with Crippen LogP contribution in [0.3, 0.4) is 0 Å². The lowest BCUT2D eigenvalue weighted by Crippen LogP contribution is -2.12. The van der Waals surface area contributed by atoms with Gasteiger partial charge in [0.25, 0.3) is 0 Å². The van der Waals surface area contributed by atoms with E-state index in [9.17, 15) is 4.79 Å². The minimum Gasteiger partial charge on any atom is -0.493 e. The summed E-state index contributed by atoms with van der Waals surface area (Å²) in [5.74, 6) is 1.38. The Morgan fingerprint density at radius 1 is 1.27 bits per heavy atom. The normalized spacial score (nSPS) is 16.5. The minimum absolute atomic E-state index is 0.0505. The largest absolute Gasteiger partial charge is 0.493 e. The number of aromatic nitrogens is 1. The molecule has 0 radical (unpaired) electrons. The van der Waals surface area contributed by atoms with Gasteiger partial charge in [0, 0.05) is 28.3 Å². The molecule has 1 heterocycles. The summed E-state index contributed by atoms with van der Waals surface area (Å²) in [6.45, 7) is 0. The van der Waals surface area contributed by atoms with Crippen molar-refractivity contribution < 1.29 is 14.3 Å². The number of halogens is 1. The van der Waals surface area contributed by atoms with Crippen LogP contribution in [0.4, 0.5) is 0 Å². The number of carbonyl (C=O) groups is 1. The molecule has 1 aromatic carbocycles. The number of nitrogens with zero attached hydrogens (tertiary/aromatic N) is 1. The first-order chi connectivity index (χ1) is 10.6. The van der Waals surface area contributed by atoms with Gasteiger partial charge in [-0.3, -0.25) is 9.78 Å². The van der Waals surface area contributed by atoms with Crippen molar-refractivity contribution in [1.82, 2.24) is 4.98 Å². The lowest BCUT2D eigenvalue weighted by atomic mass is 9.96. The summed E-state index contributed by atoms with van der Waals surface area (Å²) in [7, 11) is 3.18. The average molecular weight is 362 g/mol. The zero-order valence-corrected chi connectivity index (χ0v) is 14.0. The molecular formula is C17H16BrNO3. The number of rotatable bonds is 4. The molecule has 3 rings (SSSR count). The maximum atomic E-state index is 12.7. The van der Waals surface area contributed by atoms with E-state index in [0.717, 1.165) is 27.6 Å². The highest BCUT2D eigenvalue weighted by molar-refractivity contribution is 9.10. The van der Waals surface area contributed by atoms with Crippen LogP contribution in [0.15, 0.2) is 35.1 Å². The number of pyridine rings is 1. The number of ether oxygens (including phenoxy) is 2. The average Bonchev–Trinajstić information content (AvgIpc) is 2.84. The molecule has 1 aromatic heterocycles. The van der Waals surface area contributed by atoms with Crippen LogP contribution in [0.25, 0.3) is 0 Å². The van der Waals surface area contributed by atoms with E-state index < -0.39 is 0 Å². The Hall–Kier alpha value is -1.88. The topological polar surface area (TPSA) is 48.4 Å². The first-order valence-corrected chi connectivity index (χ1v) is 7.80. The molecule has 5 heteroatoms. The molecule has 0 saturated carbocycles. The predicted octanol–water partition coefficient (Wildman–Crippen LogP) is 3.46. The van der Waals surface area contributed by atoms with Crippen molar-refractivity contribution in [1.29, 1.82) is 0 Å². The molecule has 0 saturated heterocycles. The van der Waals surface area contributed by atoms with E-state index >= 15 is 0 Å². The van der Waals surface area contributed by atoms with Crippen molar-refractivity contribution >= 4 is 21.7 Å². The second-order valence-corrected chi connectivity index (χ2v) is 6.16. The zero-order chi connectivity index (χ0) is 15.7. The van der Waals surface area contributed by atoms with Crippen LogP contribution in [0.2, 0.25) is 0 Å². The third-order valence-corrected chi connectivity index (χ3v) is 4.75. The first kappa shape index (κ1) is 15.0. The highest BCUT2D eigenvalue weighted by Gasteiger charge is 2.32. The quantitative estimate of drug-likeness (QED) is 0.836. The van der Waals surface area contributed by atoms with Crippen LogP contribution in [-0.2, 0) is 12.8 Å². The molecule has 22 heavy (non-hydrogen) atoms. The van der Waals surface area contributed by atoms with E-state index in [0.29, 0.717) is 17.9 Å². The summed E-state index contributed by atoms with van der Waals surface area (Å²) < 4.78 is 11.5. The van der Waals surface area contributed by atoms with E-state index in [1.54, 1.807) is 32.7 Å². The van der Waals surface area contributed by atoms with Crippen molar-refractivity contribution in [3.8, 4) is 11.5 Å². The fourth-order valence-electron chi connectivity index (χ4n) is 2.90. The third-order valence-electron chi connectivity index (χ3n) is 4.03. The highest BCUT2D eigenvalue weighted by Crippen LogP contribution is 2.38. The monoisotopic (exact) mass is 361 g/mol. The summed E-state index contributed by atoms with van der Waals surface area (Å²) in [6, 6.07) is 5.65. The van der Waals surface area contributed by atoms with Crippen LogP contribution >= 0.6 is 15.9 Å². The minimum atomic E-state index is -0.0505. The summed E-state index contributed by atoms with van der Waals surface area (Å²) in [4.78, 5) is 16.7. The second-order valence-electron chi connectivity index (χ2n) is 5.30. The van der Waals surface area contributed by atoms with Gasteiger partial charge in [-0.05, 0) is 58.1 Å². The Bertz CT molecular complexity index is 730. The summed E-state index contributed by atoms with van der Waals surface area (Å²) in [6.07, 6.45) is 4.93. The number of fused-ring (bicyclic) bond motifs is 1. The van der Waals surface area contributed by atoms with Gasteiger partial charge < -0.3 is 9.47 Å². The number of hydrogen-bond donors (Lipinski definition) is 0. The number of Topliss-reactive ketones (excluding diaryl/α,β-unsaturated/α-hetero) is 1. The maximum Gasteiger partial charge on any atom is 0.167 e. The number of methoxy groups -OCH3 is 2. The molecule has 0 amide bonds. The number of carbonyl (C=O) groups excluding carboxylic acids is 1. The number of hydrogen-bond acceptors (Lipinski definition) is 4.